The van der Waals surface area contributed by atoms with Crippen molar-refractivity contribution in [1.29, 1.82) is 0 Å². The third-order valence-electron chi connectivity index (χ3n) is 2.20. The SMILES string of the molecule is [C]#Cc1cccc(C(=O)Oc2ccccc2)c1. The zero-order valence-corrected chi connectivity index (χ0v) is 9.01. The van der Waals surface area contributed by atoms with Crippen molar-refractivity contribution in [2.24, 2.45) is 0 Å². The second-order valence-electron chi connectivity index (χ2n) is 3.41. The Morgan fingerprint density at radius 3 is 2.53 bits per heavy atom. The Morgan fingerprint density at radius 1 is 1.06 bits per heavy atom. The molecule has 0 saturated carbocycles. The van der Waals surface area contributed by atoms with Crippen molar-refractivity contribution < 1.29 is 9.53 Å². The molecule has 0 aliphatic heterocycles. The van der Waals surface area contributed by atoms with Crippen molar-refractivity contribution in [2.45, 2.75) is 0 Å². The van der Waals surface area contributed by atoms with E-state index in [0.29, 0.717) is 16.9 Å². The molecule has 0 amide bonds. The third kappa shape index (κ3) is 2.73. The van der Waals surface area contributed by atoms with Crippen LogP contribution in [0.3, 0.4) is 0 Å². The van der Waals surface area contributed by atoms with Crippen molar-refractivity contribution in [3.05, 3.63) is 72.1 Å². The first kappa shape index (κ1) is 11.0. The highest BCUT2D eigenvalue weighted by atomic mass is 16.5. The van der Waals surface area contributed by atoms with Gasteiger partial charge >= 0.3 is 5.97 Å². The Hall–Kier alpha value is -2.53. The van der Waals surface area contributed by atoms with Crippen LogP contribution in [0.5, 0.6) is 5.75 Å². The molecule has 2 aromatic carbocycles. The van der Waals surface area contributed by atoms with E-state index in [1.54, 1.807) is 48.5 Å². The molecule has 2 rings (SSSR count). The molecule has 0 atom stereocenters. The van der Waals surface area contributed by atoms with Crippen LogP contribution in [0.4, 0.5) is 0 Å². The molecule has 0 heterocycles. The topological polar surface area (TPSA) is 26.3 Å². The second-order valence-corrected chi connectivity index (χ2v) is 3.41. The van der Waals surface area contributed by atoms with Gasteiger partial charge in [-0.1, -0.05) is 30.2 Å². The maximum Gasteiger partial charge on any atom is 0.343 e. The monoisotopic (exact) mass is 221 g/mol. The first-order valence-corrected chi connectivity index (χ1v) is 5.09. The molecule has 0 spiro atoms. The van der Waals surface area contributed by atoms with Crippen molar-refractivity contribution >= 4 is 5.97 Å². The van der Waals surface area contributed by atoms with Crippen molar-refractivity contribution in [3.8, 4) is 11.7 Å². The van der Waals surface area contributed by atoms with Gasteiger partial charge in [-0.3, -0.25) is 0 Å². The summed E-state index contributed by atoms with van der Waals surface area (Å²) in [7, 11) is 0. The number of esters is 1. The summed E-state index contributed by atoms with van der Waals surface area (Å²) in [5, 5.41) is 0. The molecule has 0 aliphatic carbocycles. The van der Waals surface area contributed by atoms with Crippen molar-refractivity contribution in [1.82, 2.24) is 0 Å². The highest BCUT2D eigenvalue weighted by Gasteiger charge is 2.08. The van der Waals surface area contributed by atoms with E-state index < -0.39 is 5.97 Å². The number of ether oxygens (including phenoxy) is 1. The zero-order chi connectivity index (χ0) is 12.1. The molecule has 0 N–H and O–H groups in total. The average Bonchev–Trinajstić information content (AvgIpc) is 2.40. The fourth-order valence-electron chi connectivity index (χ4n) is 1.38. The minimum Gasteiger partial charge on any atom is -0.423 e. The number of hydrogen-bond donors (Lipinski definition) is 0. The Bertz CT molecular complexity index is 565. The molecule has 0 fully saturated rings. The zero-order valence-electron chi connectivity index (χ0n) is 9.01. The standard InChI is InChI=1S/C15H9O2/c1-2-12-7-6-8-13(11-12)15(16)17-14-9-4-3-5-10-14/h3-11H. The Morgan fingerprint density at radius 2 is 1.82 bits per heavy atom. The smallest absolute Gasteiger partial charge is 0.343 e. The quantitative estimate of drug-likeness (QED) is 0.443. The van der Waals surface area contributed by atoms with E-state index in [0.717, 1.165) is 0 Å². The molecule has 81 valence electrons. The second kappa shape index (κ2) is 5.00. The summed E-state index contributed by atoms with van der Waals surface area (Å²) in [4.78, 5) is 11.8. The molecule has 0 saturated heterocycles. The highest BCUT2D eigenvalue weighted by molar-refractivity contribution is 5.91. The number of benzene rings is 2. The van der Waals surface area contributed by atoms with Crippen LogP contribution >= 0.6 is 0 Å². The molecule has 0 aliphatic rings. The lowest BCUT2D eigenvalue weighted by atomic mass is 10.1. The summed E-state index contributed by atoms with van der Waals surface area (Å²) >= 11 is 0. The summed E-state index contributed by atoms with van der Waals surface area (Å²) < 4.78 is 5.17. The summed E-state index contributed by atoms with van der Waals surface area (Å²) in [6, 6.07) is 15.5. The fourth-order valence-corrected chi connectivity index (χ4v) is 1.38. The van der Waals surface area contributed by atoms with E-state index in [1.807, 2.05) is 6.07 Å². The van der Waals surface area contributed by atoms with Gasteiger partial charge in [0.2, 0.25) is 0 Å². The van der Waals surface area contributed by atoms with Crippen LogP contribution in [0, 0.1) is 12.3 Å². The van der Waals surface area contributed by atoms with Gasteiger partial charge in [-0.05, 0) is 36.8 Å². The summed E-state index contributed by atoms with van der Waals surface area (Å²) in [5.41, 5.74) is 0.957. The van der Waals surface area contributed by atoms with Crippen molar-refractivity contribution in [3.63, 3.8) is 0 Å². The van der Waals surface area contributed by atoms with Gasteiger partial charge in [0, 0.05) is 5.56 Å². The van der Waals surface area contributed by atoms with Crippen LogP contribution < -0.4 is 4.74 Å². The van der Waals surface area contributed by atoms with E-state index in [1.165, 1.54) is 0 Å². The lowest BCUT2D eigenvalue weighted by Crippen LogP contribution is -2.08. The molecule has 0 unspecified atom stereocenters. The van der Waals surface area contributed by atoms with Crippen LogP contribution in [-0.4, -0.2) is 5.97 Å². The van der Waals surface area contributed by atoms with Gasteiger partial charge in [-0.15, -0.1) is 0 Å². The average molecular weight is 221 g/mol. The molecule has 0 bridgehead atoms. The van der Waals surface area contributed by atoms with E-state index in [-0.39, 0.29) is 0 Å². The minimum atomic E-state index is -0.437. The van der Waals surface area contributed by atoms with Crippen LogP contribution in [-0.2, 0) is 0 Å². The van der Waals surface area contributed by atoms with Gasteiger partial charge in [-0.2, -0.15) is 0 Å². The van der Waals surface area contributed by atoms with Gasteiger partial charge in [0.1, 0.15) is 5.75 Å². The van der Waals surface area contributed by atoms with Crippen molar-refractivity contribution in [2.75, 3.05) is 0 Å². The third-order valence-corrected chi connectivity index (χ3v) is 2.20. The van der Waals surface area contributed by atoms with Gasteiger partial charge in [0.25, 0.3) is 0 Å². The van der Waals surface area contributed by atoms with Gasteiger partial charge in [-0.25, -0.2) is 4.79 Å². The molecular formula is C15H9O2. The van der Waals surface area contributed by atoms with Crippen LogP contribution in [0.15, 0.2) is 54.6 Å². The predicted molar refractivity (Wildman–Crippen MR) is 64.1 cm³/mol. The predicted octanol–water partition coefficient (Wildman–Crippen LogP) is 2.84. The van der Waals surface area contributed by atoms with Gasteiger partial charge in [0.05, 0.1) is 5.56 Å². The van der Waals surface area contributed by atoms with Crippen LogP contribution in [0.1, 0.15) is 15.9 Å². The Labute approximate surface area is 99.9 Å². The number of para-hydroxylation sites is 1. The Balaban J connectivity index is 2.18. The molecule has 17 heavy (non-hydrogen) atoms. The maximum atomic E-state index is 11.8. The number of hydrogen-bond acceptors (Lipinski definition) is 2. The van der Waals surface area contributed by atoms with E-state index in [9.17, 15) is 4.79 Å². The summed E-state index contributed by atoms with van der Waals surface area (Å²) in [6.07, 6.45) is 7.00. The molecular weight excluding hydrogens is 212 g/mol. The molecule has 1 radical (unpaired) electrons. The summed E-state index contributed by atoms with van der Waals surface area (Å²) in [6.45, 7) is 0. The van der Waals surface area contributed by atoms with Crippen LogP contribution in [0.25, 0.3) is 0 Å². The first-order chi connectivity index (χ1) is 8.29. The lowest BCUT2D eigenvalue weighted by Gasteiger charge is -2.03. The highest BCUT2D eigenvalue weighted by Crippen LogP contribution is 2.12. The number of carbonyl (C=O) groups is 1. The van der Waals surface area contributed by atoms with Gasteiger partial charge < -0.3 is 4.74 Å². The molecule has 2 nitrogen and oxygen atoms in total. The largest absolute Gasteiger partial charge is 0.423 e. The normalized spacial score (nSPS) is 9.35. The summed E-state index contributed by atoms with van der Waals surface area (Å²) in [5.74, 6) is 2.29. The van der Waals surface area contributed by atoms with E-state index in [4.69, 9.17) is 11.2 Å². The molecule has 2 heteroatoms. The molecule has 0 aromatic heterocycles. The maximum absolute atomic E-state index is 11.8. The molecule has 2 aromatic rings. The van der Waals surface area contributed by atoms with E-state index in [2.05, 4.69) is 5.92 Å². The first-order valence-electron chi connectivity index (χ1n) is 5.09. The lowest BCUT2D eigenvalue weighted by molar-refractivity contribution is 0.0734. The van der Waals surface area contributed by atoms with Gasteiger partial charge in [0.15, 0.2) is 0 Å². The number of rotatable bonds is 2. The fraction of sp³-hybridized carbons (Fsp3) is 0. The Kier molecular flexibility index (Phi) is 3.23. The van der Waals surface area contributed by atoms with Crippen LogP contribution in [0.2, 0.25) is 0 Å². The minimum absolute atomic E-state index is 0.408. The van der Waals surface area contributed by atoms with E-state index >= 15 is 0 Å². The number of carbonyl (C=O) groups excluding carboxylic acids is 1.